The van der Waals surface area contributed by atoms with Crippen LogP contribution in [0.3, 0.4) is 0 Å². The van der Waals surface area contributed by atoms with Gasteiger partial charge in [-0.2, -0.15) is 0 Å². The molecule has 10 aromatic rings. The van der Waals surface area contributed by atoms with Gasteiger partial charge in [-0.05, 0) is 107 Å². The van der Waals surface area contributed by atoms with Crippen molar-refractivity contribution in [3.05, 3.63) is 217 Å². The molecular formula is C61H50N3OPt-. The maximum Gasteiger partial charge on any atom is 0.148 e. The van der Waals surface area contributed by atoms with Gasteiger partial charge in [-0.25, -0.2) is 4.98 Å². The fourth-order valence-corrected chi connectivity index (χ4v) is 9.04. The van der Waals surface area contributed by atoms with Crippen molar-refractivity contribution in [1.82, 2.24) is 14.5 Å². The molecule has 2 heterocycles. The van der Waals surface area contributed by atoms with Gasteiger partial charge in [-0.1, -0.05) is 183 Å². The zero-order valence-corrected chi connectivity index (χ0v) is 39.8. The Bertz CT molecular complexity index is 3490. The van der Waals surface area contributed by atoms with Gasteiger partial charge in [-0.3, -0.25) is 9.55 Å². The van der Waals surface area contributed by atoms with Gasteiger partial charge < -0.3 is 5.11 Å². The van der Waals surface area contributed by atoms with Crippen molar-refractivity contribution in [3.63, 3.8) is 0 Å². The Hall–Kier alpha value is -7.13. The molecule has 0 saturated heterocycles. The molecule has 0 fully saturated rings. The van der Waals surface area contributed by atoms with E-state index in [4.69, 9.17) is 14.1 Å². The van der Waals surface area contributed by atoms with Crippen LogP contribution >= 0.6 is 0 Å². The van der Waals surface area contributed by atoms with Crippen molar-refractivity contribution >= 4 is 11.0 Å². The van der Waals surface area contributed by atoms with Crippen LogP contribution in [0.4, 0.5) is 0 Å². The van der Waals surface area contributed by atoms with E-state index in [-0.39, 0.29) is 32.2 Å². The number of hydrogen-bond acceptors (Lipinski definition) is 3. The van der Waals surface area contributed by atoms with E-state index < -0.39 is 6.85 Å². The molecule has 0 saturated carbocycles. The van der Waals surface area contributed by atoms with Gasteiger partial charge in [-0.15, -0.1) is 23.8 Å². The van der Waals surface area contributed by atoms with Crippen molar-refractivity contribution in [2.75, 3.05) is 0 Å². The first kappa shape index (κ1) is 40.4. The second kappa shape index (κ2) is 18.0. The third-order valence-corrected chi connectivity index (χ3v) is 12.2. The second-order valence-electron chi connectivity index (χ2n) is 17.9. The molecule has 8 aromatic carbocycles. The number of fused-ring (bicyclic) bond motifs is 1. The average molecular weight is 1040 g/mol. The fraction of sp³-hybridized carbons (Fsp3) is 0.115. The first-order valence-corrected chi connectivity index (χ1v) is 22.0. The Balaban J connectivity index is 0.00000593. The van der Waals surface area contributed by atoms with E-state index >= 15 is 0 Å². The molecule has 66 heavy (non-hydrogen) atoms. The smallest absolute Gasteiger partial charge is 0.148 e. The quantitative estimate of drug-likeness (QED) is 0.154. The molecule has 326 valence electrons. The zero-order valence-electron chi connectivity index (χ0n) is 40.5. The monoisotopic (exact) mass is 1040 g/mol. The predicted molar refractivity (Wildman–Crippen MR) is 270 cm³/mol. The summed E-state index contributed by atoms with van der Waals surface area (Å²) in [6.07, 6.45) is 1.79. The van der Waals surface area contributed by atoms with Crippen LogP contribution in [0.15, 0.2) is 188 Å². The zero-order chi connectivity index (χ0) is 47.3. The number of benzene rings is 8. The molecule has 0 atom stereocenters. The Morgan fingerprint density at radius 3 is 1.85 bits per heavy atom. The minimum absolute atomic E-state index is 0. The maximum absolute atomic E-state index is 12.0. The molecule has 0 unspecified atom stereocenters. The van der Waals surface area contributed by atoms with Gasteiger partial charge in [0.15, 0.2) is 0 Å². The van der Waals surface area contributed by atoms with Crippen LogP contribution < -0.4 is 0 Å². The molecule has 0 aliphatic heterocycles. The number of phenolic OH excluding ortho intramolecular Hbond substituents is 1. The molecule has 4 nitrogen and oxygen atoms in total. The fourth-order valence-electron chi connectivity index (χ4n) is 9.04. The van der Waals surface area contributed by atoms with Crippen LogP contribution in [0.25, 0.3) is 95.0 Å². The van der Waals surface area contributed by atoms with Crippen molar-refractivity contribution in [2.45, 2.75) is 46.9 Å². The minimum Gasteiger partial charge on any atom is -0.507 e. The summed E-state index contributed by atoms with van der Waals surface area (Å²) in [5.41, 5.74) is 17.7. The van der Waals surface area contributed by atoms with Crippen molar-refractivity contribution in [3.8, 4) is 89.7 Å². The molecule has 1 N–H and O–H groups in total. The first-order valence-electron chi connectivity index (χ1n) is 23.5. The maximum atomic E-state index is 12.0. The van der Waals surface area contributed by atoms with Gasteiger partial charge in [0.1, 0.15) is 11.6 Å². The number of aryl methyl sites for hydroxylation is 3. The van der Waals surface area contributed by atoms with Gasteiger partial charge in [0.25, 0.3) is 0 Å². The summed E-state index contributed by atoms with van der Waals surface area (Å²) in [6.45, 7) is 8.60. The number of rotatable bonds is 8. The second-order valence-corrected chi connectivity index (χ2v) is 17.9. The molecule has 0 spiro atoms. The summed E-state index contributed by atoms with van der Waals surface area (Å²) in [6, 6.07) is 65.4. The largest absolute Gasteiger partial charge is 0.507 e. The molecule has 0 amide bonds. The summed E-state index contributed by atoms with van der Waals surface area (Å²) in [4.78, 5) is 10.5. The van der Waals surface area contributed by atoms with Gasteiger partial charge >= 0.3 is 0 Å². The number of aromatic hydroxyl groups is 1. The van der Waals surface area contributed by atoms with E-state index in [1.807, 2.05) is 67.6 Å². The summed E-state index contributed by atoms with van der Waals surface area (Å²) in [5.74, 6) is 0.804. The number of nitrogens with zero attached hydrogens (tertiary/aromatic N) is 3. The summed E-state index contributed by atoms with van der Waals surface area (Å²) in [7, 11) is 0. The predicted octanol–water partition coefficient (Wildman–Crippen LogP) is 15.8. The number of para-hydroxylation sites is 1. The average Bonchev–Trinajstić information content (AvgIpc) is 3.74. The van der Waals surface area contributed by atoms with E-state index in [2.05, 4.69) is 148 Å². The van der Waals surface area contributed by atoms with Crippen LogP contribution in [0, 0.1) is 26.8 Å². The standard InChI is InChI=1S/C61H50N3O.Pt/c1-39-25-27-43(28-26-39)46-29-30-62-55(36-46)49-34-47(42-17-10-7-11-18-42)33-48(35-49)50-23-16-24-56-58(50)63-60(53-32-40(2)31-41(3)59(53)65)64(56)57-38-51(44-19-12-8-13-20-44)54(61(4,5)6)37-52(57)45-21-14-9-15-22-45;/h7-34,36-38,65H,1-6H3;/q-1;/i1D3;. The topological polar surface area (TPSA) is 50.9 Å². The molecular weight excluding hydrogens is 986 g/mol. The van der Waals surface area contributed by atoms with E-state index in [0.717, 1.165) is 94.7 Å². The molecule has 0 radical (unpaired) electrons. The number of pyridine rings is 1. The van der Waals surface area contributed by atoms with Gasteiger partial charge in [0, 0.05) is 42.6 Å². The normalized spacial score (nSPS) is 12.3. The number of phenols is 1. The van der Waals surface area contributed by atoms with E-state index in [1.54, 1.807) is 18.3 Å². The number of hydrogen-bond donors (Lipinski definition) is 1. The first-order chi connectivity index (χ1) is 32.7. The van der Waals surface area contributed by atoms with Gasteiger partial charge in [0.05, 0.1) is 22.3 Å². The SMILES string of the molecule is [2H]C([2H])([2H])c1ccc(-c2ccnc(-c3[c-]c(-c4cccc5c4nc(-c4cc(C)cc(C)c4O)n5-c4cc(-c5ccccc5)c(C(C)(C)C)cc4-c4ccccc4)cc(-c4ccccc4)c3)c2)cc1.[Pt]. The van der Waals surface area contributed by atoms with Crippen LogP contribution in [-0.4, -0.2) is 19.6 Å². The minimum atomic E-state index is -2.18. The summed E-state index contributed by atoms with van der Waals surface area (Å²) >= 11 is 0. The Morgan fingerprint density at radius 1 is 0.545 bits per heavy atom. The van der Waals surface area contributed by atoms with Crippen LogP contribution in [0.2, 0.25) is 0 Å². The van der Waals surface area contributed by atoms with Crippen LogP contribution in [-0.2, 0) is 26.5 Å². The molecule has 0 aliphatic rings. The number of aromatic nitrogens is 3. The van der Waals surface area contributed by atoms with E-state index in [0.29, 0.717) is 17.0 Å². The van der Waals surface area contributed by atoms with E-state index in [1.165, 1.54) is 5.56 Å². The third kappa shape index (κ3) is 8.46. The van der Waals surface area contributed by atoms with Crippen molar-refractivity contribution in [1.29, 1.82) is 0 Å². The van der Waals surface area contributed by atoms with Crippen molar-refractivity contribution < 1.29 is 30.3 Å². The Labute approximate surface area is 406 Å². The molecule has 10 rings (SSSR count). The summed E-state index contributed by atoms with van der Waals surface area (Å²) in [5, 5.41) is 12.0. The third-order valence-electron chi connectivity index (χ3n) is 12.2. The van der Waals surface area contributed by atoms with Crippen LogP contribution in [0.5, 0.6) is 5.75 Å². The Kier molecular flexibility index (Phi) is 11.0. The van der Waals surface area contributed by atoms with E-state index in [9.17, 15) is 5.11 Å². The van der Waals surface area contributed by atoms with Crippen LogP contribution in [0.1, 0.15) is 47.1 Å². The number of imidazole rings is 1. The molecule has 5 heteroatoms. The molecule has 2 aromatic heterocycles. The molecule has 0 aliphatic carbocycles. The van der Waals surface area contributed by atoms with Crippen molar-refractivity contribution in [2.24, 2.45) is 0 Å². The summed E-state index contributed by atoms with van der Waals surface area (Å²) < 4.78 is 25.8. The molecule has 0 bridgehead atoms. The Morgan fingerprint density at radius 2 is 1.18 bits per heavy atom. The van der Waals surface area contributed by atoms with Gasteiger partial charge in [0.2, 0.25) is 0 Å².